The number of aliphatic hydroxyl groups excluding tert-OH is 1. The van der Waals surface area contributed by atoms with Crippen molar-refractivity contribution in [3.05, 3.63) is 0 Å². The number of carbonyl (C=O) groups excluding carboxylic acids is 1. The van der Waals surface area contributed by atoms with E-state index in [0.29, 0.717) is 6.54 Å². The van der Waals surface area contributed by atoms with Crippen molar-refractivity contribution in [2.45, 2.75) is 6.04 Å². The molecule has 2 amide bonds. The molecule has 0 aliphatic carbocycles. The highest BCUT2D eigenvalue weighted by atomic mass is 32.2. The maximum absolute atomic E-state index is 11.4. The first-order valence-electron chi connectivity index (χ1n) is 4.37. The number of carboxylic acids is 1. The predicted molar refractivity (Wildman–Crippen MR) is 58.1 cm³/mol. The molecular formula is C8H16N2O4S. The molecule has 0 aromatic heterocycles. The van der Waals surface area contributed by atoms with E-state index in [1.54, 1.807) is 18.8 Å². The number of aliphatic carboxylic acids is 1. The SMILES string of the molecule is CSCCN(C)C(=O)N[C@H](CO)C(=O)O. The third kappa shape index (κ3) is 5.48. The quantitative estimate of drug-likeness (QED) is 0.575. The van der Waals surface area contributed by atoms with Crippen molar-refractivity contribution >= 4 is 23.8 Å². The van der Waals surface area contributed by atoms with Gasteiger partial charge in [-0.1, -0.05) is 0 Å². The Hall–Kier alpha value is -0.950. The molecule has 0 unspecified atom stereocenters. The van der Waals surface area contributed by atoms with Gasteiger partial charge in [0.1, 0.15) is 0 Å². The molecule has 3 N–H and O–H groups in total. The summed E-state index contributed by atoms with van der Waals surface area (Å²) in [5.74, 6) is -0.468. The lowest BCUT2D eigenvalue weighted by molar-refractivity contribution is -0.140. The Labute approximate surface area is 92.6 Å². The van der Waals surface area contributed by atoms with Gasteiger partial charge in [-0.25, -0.2) is 9.59 Å². The molecule has 15 heavy (non-hydrogen) atoms. The number of nitrogens with one attached hydrogen (secondary N) is 1. The Balaban J connectivity index is 4.04. The average Bonchev–Trinajstić information content (AvgIpc) is 2.21. The van der Waals surface area contributed by atoms with E-state index in [9.17, 15) is 9.59 Å². The van der Waals surface area contributed by atoms with Gasteiger partial charge in [-0.15, -0.1) is 0 Å². The Morgan fingerprint density at radius 1 is 1.53 bits per heavy atom. The van der Waals surface area contributed by atoms with Crippen molar-refractivity contribution in [1.29, 1.82) is 0 Å². The number of carbonyl (C=O) groups is 2. The van der Waals surface area contributed by atoms with Crippen LogP contribution in [-0.4, -0.2) is 65.4 Å². The van der Waals surface area contributed by atoms with Crippen molar-refractivity contribution in [3.63, 3.8) is 0 Å². The molecule has 88 valence electrons. The van der Waals surface area contributed by atoms with E-state index in [4.69, 9.17) is 10.2 Å². The summed E-state index contributed by atoms with van der Waals surface area (Å²) in [5, 5.41) is 19.5. The Kier molecular flexibility index (Phi) is 6.89. The maximum Gasteiger partial charge on any atom is 0.328 e. The van der Waals surface area contributed by atoms with Crippen LogP contribution in [0.5, 0.6) is 0 Å². The van der Waals surface area contributed by atoms with Crippen molar-refractivity contribution < 1.29 is 19.8 Å². The molecule has 0 bridgehead atoms. The first-order valence-corrected chi connectivity index (χ1v) is 5.76. The van der Waals surface area contributed by atoms with Crippen LogP contribution in [0, 0.1) is 0 Å². The van der Waals surface area contributed by atoms with Crippen molar-refractivity contribution in [2.75, 3.05) is 32.2 Å². The monoisotopic (exact) mass is 236 g/mol. The van der Waals surface area contributed by atoms with E-state index in [1.807, 2.05) is 6.26 Å². The number of carboxylic acid groups (broad SMARTS) is 1. The number of urea groups is 1. The van der Waals surface area contributed by atoms with Gasteiger partial charge in [0.05, 0.1) is 6.61 Å². The number of hydrogen-bond donors (Lipinski definition) is 3. The molecule has 0 radical (unpaired) electrons. The van der Waals surface area contributed by atoms with Crippen LogP contribution in [0.4, 0.5) is 4.79 Å². The first-order chi connectivity index (χ1) is 7.02. The normalized spacial score (nSPS) is 11.9. The predicted octanol–water partition coefficient (Wildman–Crippen LogP) is -0.564. The van der Waals surface area contributed by atoms with Crippen LogP contribution in [0.25, 0.3) is 0 Å². The van der Waals surface area contributed by atoms with E-state index in [1.165, 1.54) is 4.90 Å². The fraction of sp³-hybridized carbons (Fsp3) is 0.750. The molecule has 7 heteroatoms. The lowest BCUT2D eigenvalue weighted by Crippen LogP contribution is -2.48. The van der Waals surface area contributed by atoms with Gasteiger partial charge < -0.3 is 20.4 Å². The Bertz CT molecular complexity index is 225. The number of rotatable bonds is 6. The molecule has 0 saturated carbocycles. The molecule has 0 rings (SSSR count). The summed E-state index contributed by atoms with van der Waals surface area (Å²) in [6.07, 6.45) is 1.92. The molecule has 0 spiro atoms. The zero-order valence-electron chi connectivity index (χ0n) is 8.77. The fourth-order valence-corrected chi connectivity index (χ4v) is 1.23. The largest absolute Gasteiger partial charge is 0.480 e. The highest BCUT2D eigenvalue weighted by Crippen LogP contribution is 1.94. The third-order valence-electron chi connectivity index (χ3n) is 1.76. The van der Waals surface area contributed by atoms with Crippen molar-refractivity contribution in [2.24, 2.45) is 0 Å². The molecule has 0 heterocycles. The summed E-state index contributed by atoms with van der Waals surface area (Å²) in [6.45, 7) is -0.0811. The van der Waals surface area contributed by atoms with Gasteiger partial charge in [-0.3, -0.25) is 0 Å². The van der Waals surface area contributed by atoms with E-state index < -0.39 is 24.6 Å². The van der Waals surface area contributed by atoms with Crippen LogP contribution >= 0.6 is 11.8 Å². The minimum absolute atomic E-state index is 0.495. The number of hydrogen-bond acceptors (Lipinski definition) is 4. The summed E-state index contributed by atoms with van der Waals surface area (Å²) in [6, 6.07) is -1.74. The second-order valence-electron chi connectivity index (χ2n) is 2.94. The van der Waals surface area contributed by atoms with Crippen LogP contribution in [0.2, 0.25) is 0 Å². The van der Waals surface area contributed by atoms with Crippen molar-refractivity contribution in [1.82, 2.24) is 10.2 Å². The fourth-order valence-electron chi connectivity index (χ4n) is 0.774. The van der Waals surface area contributed by atoms with Crippen LogP contribution in [0.3, 0.4) is 0 Å². The number of thioether (sulfide) groups is 1. The van der Waals surface area contributed by atoms with Gasteiger partial charge in [0.2, 0.25) is 0 Å². The van der Waals surface area contributed by atoms with E-state index in [-0.39, 0.29) is 0 Å². The average molecular weight is 236 g/mol. The lowest BCUT2D eigenvalue weighted by atomic mass is 10.3. The molecule has 6 nitrogen and oxygen atoms in total. The summed E-state index contributed by atoms with van der Waals surface area (Å²) in [7, 11) is 1.57. The Morgan fingerprint density at radius 3 is 2.53 bits per heavy atom. The van der Waals surface area contributed by atoms with E-state index in [0.717, 1.165) is 5.75 Å². The van der Waals surface area contributed by atoms with Crippen LogP contribution in [0.1, 0.15) is 0 Å². The topological polar surface area (TPSA) is 89.9 Å². The molecule has 0 aliphatic heterocycles. The molecule has 0 aromatic carbocycles. The van der Waals surface area contributed by atoms with Gasteiger partial charge in [0.15, 0.2) is 6.04 Å². The standard InChI is InChI=1S/C8H16N2O4S/c1-10(3-4-15-2)8(14)9-6(5-11)7(12)13/h6,11H,3-5H2,1-2H3,(H,9,14)(H,12,13)/t6-/m1/s1. The zero-order chi connectivity index (χ0) is 11.8. The summed E-state index contributed by atoms with van der Waals surface area (Å²) in [5.41, 5.74) is 0. The summed E-state index contributed by atoms with van der Waals surface area (Å²) >= 11 is 1.59. The molecule has 0 saturated heterocycles. The first kappa shape index (κ1) is 14.1. The second-order valence-corrected chi connectivity index (χ2v) is 3.92. The third-order valence-corrected chi connectivity index (χ3v) is 2.35. The van der Waals surface area contributed by atoms with Crippen LogP contribution in [0.15, 0.2) is 0 Å². The highest BCUT2D eigenvalue weighted by molar-refractivity contribution is 7.98. The number of aliphatic hydroxyl groups is 1. The second kappa shape index (κ2) is 7.36. The summed E-state index contributed by atoms with van der Waals surface area (Å²) < 4.78 is 0. The van der Waals surface area contributed by atoms with Crippen LogP contribution in [-0.2, 0) is 4.79 Å². The summed E-state index contributed by atoms with van der Waals surface area (Å²) in [4.78, 5) is 23.2. The highest BCUT2D eigenvalue weighted by Gasteiger charge is 2.20. The lowest BCUT2D eigenvalue weighted by Gasteiger charge is -2.19. The minimum Gasteiger partial charge on any atom is -0.480 e. The maximum atomic E-state index is 11.4. The smallest absolute Gasteiger partial charge is 0.328 e. The van der Waals surface area contributed by atoms with Crippen molar-refractivity contribution in [3.8, 4) is 0 Å². The molecule has 1 atom stereocenters. The number of nitrogens with zero attached hydrogens (tertiary/aromatic N) is 1. The van der Waals surface area contributed by atoms with Gasteiger partial charge in [0, 0.05) is 19.3 Å². The van der Waals surface area contributed by atoms with Crippen LogP contribution < -0.4 is 5.32 Å². The van der Waals surface area contributed by atoms with Gasteiger partial charge in [-0.2, -0.15) is 11.8 Å². The number of amides is 2. The van der Waals surface area contributed by atoms with Gasteiger partial charge in [0.25, 0.3) is 0 Å². The Morgan fingerprint density at radius 2 is 2.13 bits per heavy atom. The molecule has 0 aliphatic rings. The zero-order valence-corrected chi connectivity index (χ0v) is 9.58. The minimum atomic E-state index is -1.25. The van der Waals surface area contributed by atoms with E-state index in [2.05, 4.69) is 5.32 Å². The van der Waals surface area contributed by atoms with E-state index >= 15 is 0 Å². The molecule has 0 aromatic rings. The molecular weight excluding hydrogens is 220 g/mol. The molecule has 0 fully saturated rings. The van der Waals surface area contributed by atoms with Gasteiger partial charge in [-0.05, 0) is 6.26 Å². The van der Waals surface area contributed by atoms with Gasteiger partial charge >= 0.3 is 12.0 Å².